The smallest absolute Gasteiger partial charge is 0.269 e. The second-order valence-electron chi connectivity index (χ2n) is 7.15. The molecule has 3 aromatic carbocycles. The van der Waals surface area contributed by atoms with Gasteiger partial charge < -0.3 is 9.72 Å². The number of H-pyrrole nitrogens is 1. The Kier molecular flexibility index (Phi) is 5.39. The lowest BCUT2D eigenvalue weighted by Crippen LogP contribution is -2.11. The Hall–Kier alpha value is -3.79. The summed E-state index contributed by atoms with van der Waals surface area (Å²) in [4.78, 5) is 18.8. The number of hydrogen-bond acceptors (Lipinski definition) is 5. The number of ether oxygens (including phenoxy) is 1. The van der Waals surface area contributed by atoms with Crippen LogP contribution in [0.4, 0.5) is 14.5 Å². The lowest BCUT2D eigenvalue weighted by Gasteiger charge is -2.15. The van der Waals surface area contributed by atoms with E-state index in [4.69, 9.17) is 4.74 Å². The van der Waals surface area contributed by atoms with Crippen molar-refractivity contribution in [1.82, 2.24) is 9.97 Å². The van der Waals surface area contributed by atoms with E-state index in [1.165, 1.54) is 18.2 Å². The SMILES string of the molecule is Cc1nc2cc(-c3cc(NS(C)(=O)=O)ccc3Oc3ccc(F)cc3F)ccc2[nH]c1=O. The minimum atomic E-state index is -3.55. The number of anilines is 1. The lowest BCUT2D eigenvalue weighted by molar-refractivity contribution is 0.439. The molecule has 0 spiro atoms. The molecule has 0 radical (unpaired) electrons. The molecule has 0 unspecified atom stereocenters. The molecule has 164 valence electrons. The van der Waals surface area contributed by atoms with Crippen LogP contribution in [-0.2, 0) is 10.0 Å². The maximum atomic E-state index is 14.2. The van der Waals surface area contributed by atoms with E-state index < -0.39 is 21.7 Å². The second-order valence-corrected chi connectivity index (χ2v) is 8.89. The monoisotopic (exact) mass is 457 g/mol. The van der Waals surface area contributed by atoms with Crippen LogP contribution in [0.25, 0.3) is 22.2 Å². The highest BCUT2D eigenvalue weighted by Gasteiger charge is 2.15. The molecule has 0 aliphatic heterocycles. The van der Waals surface area contributed by atoms with E-state index >= 15 is 0 Å². The van der Waals surface area contributed by atoms with Crippen LogP contribution >= 0.6 is 0 Å². The van der Waals surface area contributed by atoms with Crippen LogP contribution in [0.1, 0.15) is 5.69 Å². The third kappa shape index (κ3) is 4.59. The van der Waals surface area contributed by atoms with Crippen molar-refractivity contribution >= 4 is 26.7 Å². The van der Waals surface area contributed by atoms with Gasteiger partial charge in [0.05, 0.1) is 17.3 Å². The molecule has 1 heterocycles. The molecule has 0 saturated heterocycles. The van der Waals surface area contributed by atoms with Crippen molar-refractivity contribution in [3.05, 3.63) is 82.3 Å². The average molecular weight is 457 g/mol. The molecule has 7 nitrogen and oxygen atoms in total. The molecule has 1 aromatic heterocycles. The van der Waals surface area contributed by atoms with Gasteiger partial charge in [-0.2, -0.15) is 0 Å². The third-order valence-electron chi connectivity index (χ3n) is 4.57. The van der Waals surface area contributed by atoms with Gasteiger partial charge in [0.25, 0.3) is 5.56 Å². The quantitative estimate of drug-likeness (QED) is 0.464. The molecule has 4 rings (SSSR count). The number of nitrogens with one attached hydrogen (secondary N) is 2. The van der Waals surface area contributed by atoms with Crippen molar-refractivity contribution in [2.45, 2.75) is 6.92 Å². The number of aryl methyl sites for hydroxylation is 1. The average Bonchev–Trinajstić information content (AvgIpc) is 2.70. The van der Waals surface area contributed by atoms with E-state index in [2.05, 4.69) is 14.7 Å². The Morgan fingerprint density at radius 2 is 1.75 bits per heavy atom. The highest BCUT2D eigenvalue weighted by molar-refractivity contribution is 7.92. The Balaban J connectivity index is 1.87. The molecular formula is C22H17F2N3O4S. The summed E-state index contributed by atoms with van der Waals surface area (Å²) in [6.45, 7) is 1.58. The number of aromatic amines is 1. The van der Waals surface area contributed by atoms with Gasteiger partial charge >= 0.3 is 0 Å². The Bertz CT molecular complexity index is 1520. The van der Waals surface area contributed by atoms with Crippen molar-refractivity contribution in [3.63, 3.8) is 0 Å². The van der Waals surface area contributed by atoms with Crippen LogP contribution in [0.15, 0.2) is 59.4 Å². The first-order valence-electron chi connectivity index (χ1n) is 9.35. The Labute approximate surface area is 181 Å². The summed E-state index contributed by atoms with van der Waals surface area (Å²) >= 11 is 0. The summed E-state index contributed by atoms with van der Waals surface area (Å²) < 4.78 is 58.8. The maximum Gasteiger partial charge on any atom is 0.269 e. The van der Waals surface area contributed by atoms with Crippen molar-refractivity contribution < 1.29 is 21.9 Å². The predicted octanol–water partition coefficient (Wildman–Crippen LogP) is 4.34. The molecule has 0 aliphatic rings. The number of halogens is 2. The zero-order valence-electron chi connectivity index (χ0n) is 16.9. The van der Waals surface area contributed by atoms with Gasteiger partial charge in [-0.05, 0) is 55.0 Å². The number of fused-ring (bicyclic) bond motifs is 1. The molecule has 4 aromatic rings. The second kappa shape index (κ2) is 8.04. The molecule has 0 amide bonds. The van der Waals surface area contributed by atoms with Gasteiger partial charge in [-0.3, -0.25) is 9.52 Å². The summed E-state index contributed by atoms with van der Waals surface area (Å²) in [7, 11) is -3.55. The molecular weight excluding hydrogens is 440 g/mol. The number of nitrogens with zero attached hydrogens (tertiary/aromatic N) is 1. The first-order valence-corrected chi connectivity index (χ1v) is 11.2. The van der Waals surface area contributed by atoms with E-state index in [1.54, 1.807) is 25.1 Å². The summed E-state index contributed by atoms with van der Waals surface area (Å²) in [6, 6.07) is 12.4. The Morgan fingerprint density at radius 3 is 2.47 bits per heavy atom. The number of benzene rings is 3. The van der Waals surface area contributed by atoms with Crippen molar-refractivity contribution in [2.75, 3.05) is 11.0 Å². The highest BCUT2D eigenvalue weighted by Crippen LogP contribution is 2.37. The maximum absolute atomic E-state index is 14.2. The number of rotatable bonds is 5. The van der Waals surface area contributed by atoms with E-state index in [9.17, 15) is 22.0 Å². The molecule has 2 N–H and O–H groups in total. The zero-order valence-corrected chi connectivity index (χ0v) is 17.8. The van der Waals surface area contributed by atoms with Crippen LogP contribution in [0.2, 0.25) is 0 Å². The minimum Gasteiger partial charge on any atom is -0.454 e. The third-order valence-corrected chi connectivity index (χ3v) is 5.18. The van der Waals surface area contributed by atoms with Crippen LogP contribution in [0, 0.1) is 18.6 Å². The van der Waals surface area contributed by atoms with Crippen molar-refractivity contribution in [3.8, 4) is 22.6 Å². The molecule has 0 atom stereocenters. The molecule has 0 saturated carbocycles. The number of hydrogen-bond donors (Lipinski definition) is 2. The summed E-state index contributed by atoms with van der Waals surface area (Å²) in [5.74, 6) is -1.62. The van der Waals surface area contributed by atoms with Gasteiger partial charge in [0, 0.05) is 17.3 Å². The van der Waals surface area contributed by atoms with E-state index in [0.717, 1.165) is 18.4 Å². The summed E-state index contributed by atoms with van der Waals surface area (Å²) in [5, 5.41) is 0. The van der Waals surface area contributed by atoms with Gasteiger partial charge in [-0.25, -0.2) is 22.2 Å². The van der Waals surface area contributed by atoms with Crippen LogP contribution in [-0.4, -0.2) is 24.6 Å². The van der Waals surface area contributed by atoms with E-state index in [1.807, 2.05) is 0 Å². The number of aromatic nitrogens is 2. The topological polar surface area (TPSA) is 101 Å². The molecule has 0 fully saturated rings. The van der Waals surface area contributed by atoms with E-state index in [-0.39, 0.29) is 28.4 Å². The lowest BCUT2D eigenvalue weighted by atomic mass is 10.0. The van der Waals surface area contributed by atoms with Gasteiger partial charge in [0.2, 0.25) is 10.0 Å². The standard InChI is InChI=1S/C22H17F2N3O4S/c1-12-22(28)26-18-6-3-13(9-19(18)25-12)16-11-15(27-32(2,29)30)5-8-20(16)31-21-7-4-14(23)10-17(21)24/h3-11,27H,1-2H3,(H,26,28). The normalized spacial score (nSPS) is 11.5. The fourth-order valence-corrected chi connectivity index (χ4v) is 3.70. The van der Waals surface area contributed by atoms with Gasteiger partial charge in [-0.1, -0.05) is 6.07 Å². The first kappa shape index (κ1) is 21.4. The number of sulfonamides is 1. The zero-order chi connectivity index (χ0) is 23.0. The van der Waals surface area contributed by atoms with Crippen molar-refractivity contribution in [2.24, 2.45) is 0 Å². The molecule has 0 aliphatic carbocycles. The fourth-order valence-electron chi connectivity index (χ4n) is 3.14. The minimum absolute atomic E-state index is 0.199. The fraction of sp³-hybridized carbons (Fsp3) is 0.0909. The van der Waals surface area contributed by atoms with Crippen LogP contribution in [0.5, 0.6) is 11.5 Å². The summed E-state index contributed by atoms with van der Waals surface area (Å²) in [6.07, 6.45) is 1.02. The van der Waals surface area contributed by atoms with Gasteiger partial charge in [-0.15, -0.1) is 0 Å². The van der Waals surface area contributed by atoms with Crippen LogP contribution < -0.4 is 15.0 Å². The molecule has 10 heteroatoms. The Morgan fingerprint density at radius 1 is 1.00 bits per heavy atom. The largest absolute Gasteiger partial charge is 0.454 e. The molecule has 0 bridgehead atoms. The predicted molar refractivity (Wildman–Crippen MR) is 117 cm³/mol. The summed E-state index contributed by atoms with van der Waals surface area (Å²) in [5.41, 5.74) is 2.26. The highest BCUT2D eigenvalue weighted by atomic mass is 32.2. The van der Waals surface area contributed by atoms with Gasteiger partial charge in [0.1, 0.15) is 17.3 Å². The first-order chi connectivity index (χ1) is 15.1. The van der Waals surface area contributed by atoms with E-state index in [0.29, 0.717) is 28.2 Å². The van der Waals surface area contributed by atoms with Crippen LogP contribution in [0.3, 0.4) is 0 Å². The molecule has 32 heavy (non-hydrogen) atoms. The van der Waals surface area contributed by atoms with Gasteiger partial charge in [0.15, 0.2) is 11.6 Å². The van der Waals surface area contributed by atoms with Crippen molar-refractivity contribution in [1.29, 1.82) is 0 Å².